The summed E-state index contributed by atoms with van der Waals surface area (Å²) in [6.45, 7) is 0.480. The van der Waals surface area contributed by atoms with Crippen LogP contribution in [0.4, 0.5) is 14.5 Å². The Morgan fingerprint density at radius 2 is 1.80 bits per heavy atom. The lowest BCUT2D eigenvalue weighted by atomic mass is 10.2. The van der Waals surface area contributed by atoms with Crippen molar-refractivity contribution in [1.82, 2.24) is 4.90 Å². The Hall–Kier alpha value is -2.76. The molecule has 130 valence electrons. The monoisotopic (exact) mass is 344 g/mol. The van der Waals surface area contributed by atoms with E-state index in [-0.39, 0.29) is 23.4 Å². The Labute approximate surface area is 144 Å². The average Bonchev–Trinajstić information content (AvgIpc) is 3.39. The molecule has 2 atom stereocenters. The lowest BCUT2D eigenvalue weighted by Crippen LogP contribution is -2.29. The van der Waals surface area contributed by atoms with E-state index in [1.54, 1.807) is 11.9 Å². The van der Waals surface area contributed by atoms with Gasteiger partial charge < -0.3 is 10.2 Å². The molecule has 3 rings (SSSR count). The first kappa shape index (κ1) is 17.1. The van der Waals surface area contributed by atoms with Crippen molar-refractivity contribution in [3.63, 3.8) is 0 Å². The van der Waals surface area contributed by atoms with Crippen molar-refractivity contribution < 1.29 is 18.4 Å². The molecule has 2 amide bonds. The van der Waals surface area contributed by atoms with Gasteiger partial charge in [-0.3, -0.25) is 9.59 Å². The van der Waals surface area contributed by atoms with Gasteiger partial charge in [0.2, 0.25) is 11.8 Å². The van der Waals surface area contributed by atoms with Gasteiger partial charge in [0.05, 0.1) is 11.8 Å². The molecular formula is C19H18F2N2O2. The second-order valence-electron chi connectivity index (χ2n) is 6.25. The number of hydrogen-bond acceptors (Lipinski definition) is 2. The lowest BCUT2D eigenvalue weighted by Gasteiger charge is -2.17. The fourth-order valence-corrected chi connectivity index (χ4v) is 2.78. The quantitative estimate of drug-likeness (QED) is 0.906. The second kappa shape index (κ2) is 7.01. The maximum atomic E-state index is 13.2. The largest absolute Gasteiger partial charge is 0.341 e. The maximum Gasteiger partial charge on any atom is 0.228 e. The number of carbonyl (C=O) groups is 2. The van der Waals surface area contributed by atoms with Crippen LogP contribution in [0.15, 0.2) is 48.5 Å². The first-order valence-electron chi connectivity index (χ1n) is 8.00. The molecule has 2 aromatic carbocycles. The third kappa shape index (κ3) is 4.02. The van der Waals surface area contributed by atoms with Crippen LogP contribution in [0.2, 0.25) is 0 Å². The summed E-state index contributed by atoms with van der Waals surface area (Å²) in [6.07, 6.45) is 0.466. The minimum absolute atomic E-state index is 0.0886. The average molecular weight is 344 g/mol. The van der Waals surface area contributed by atoms with Crippen LogP contribution in [0.25, 0.3) is 0 Å². The van der Waals surface area contributed by atoms with Gasteiger partial charge in [-0.05, 0) is 24.1 Å². The summed E-state index contributed by atoms with van der Waals surface area (Å²) >= 11 is 0. The van der Waals surface area contributed by atoms with E-state index >= 15 is 0 Å². The number of halogens is 2. The number of rotatable bonds is 5. The van der Waals surface area contributed by atoms with Crippen molar-refractivity contribution >= 4 is 17.5 Å². The van der Waals surface area contributed by atoms with Crippen molar-refractivity contribution in [2.75, 3.05) is 12.4 Å². The van der Waals surface area contributed by atoms with Gasteiger partial charge in [0.1, 0.15) is 0 Å². The molecule has 1 aliphatic carbocycles. The predicted octanol–water partition coefficient (Wildman–Crippen LogP) is 3.20. The van der Waals surface area contributed by atoms with Crippen LogP contribution in [0, 0.1) is 23.5 Å². The van der Waals surface area contributed by atoms with Crippen LogP contribution in [0.1, 0.15) is 12.0 Å². The van der Waals surface area contributed by atoms with Crippen LogP contribution in [-0.4, -0.2) is 23.8 Å². The first-order valence-corrected chi connectivity index (χ1v) is 8.00. The third-order valence-corrected chi connectivity index (χ3v) is 4.27. The molecule has 4 nitrogen and oxygen atoms in total. The Bertz CT molecular complexity index is 795. The zero-order valence-corrected chi connectivity index (χ0v) is 13.7. The van der Waals surface area contributed by atoms with Crippen LogP contribution >= 0.6 is 0 Å². The third-order valence-electron chi connectivity index (χ3n) is 4.27. The number of amides is 2. The lowest BCUT2D eigenvalue weighted by molar-refractivity contribution is -0.133. The van der Waals surface area contributed by atoms with Crippen LogP contribution < -0.4 is 5.32 Å². The predicted molar refractivity (Wildman–Crippen MR) is 89.5 cm³/mol. The van der Waals surface area contributed by atoms with Gasteiger partial charge in [-0.1, -0.05) is 30.3 Å². The molecule has 2 aromatic rings. The highest BCUT2D eigenvalue weighted by atomic mass is 19.2. The summed E-state index contributed by atoms with van der Waals surface area (Å²) < 4.78 is 26.1. The molecule has 1 fully saturated rings. The van der Waals surface area contributed by atoms with E-state index in [4.69, 9.17) is 0 Å². The zero-order valence-electron chi connectivity index (χ0n) is 13.7. The van der Waals surface area contributed by atoms with E-state index in [1.807, 2.05) is 30.3 Å². The molecule has 25 heavy (non-hydrogen) atoms. The van der Waals surface area contributed by atoms with Crippen molar-refractivity contribution in [3.8, 4) is 0 Å². The van der Waals surface area contributed by atoms with E-state index < -0.39 is 17.6 Å². The van der Waals surface area contributed by atoms with Gasteiger partial charge in [-0.15, -0.1) is 0 Å². The molecule has 0 radical (unpaired) electrons. The summed E-state index contributed by atoms with van der Waals surface area (Å²) in [6, 6.07) is 12.8. The summed E-state index contributed by atoms with van der Waals surface area (Å²) in [5.74, 6) is -3.23. The highest BCUT2D eigenvalue weighted by molar-refractivity contribution is 5.99. The van der Waals surface area contributed by atoms with Gasteiger partial charge in [0.15, 0.2) is 11.6 Å². The molecular weight excluding hydrogens is 326 g/mol. The van der Waals surface area contributed by atoms with E-state index in [0.29, 0.717) is 13.0 Å². The van der Waals surface area contributed by atoms with E-state index in [2.05, 4.69) is 5.32 Å². The highest BCUT2D eigenvalue weighted by Gasteiger charge is 2.49. The van der Waals surface area contributed by atoms with Crippen LogP contribution in [0.5, 0.6) is 0 Å². The summed E-state index contributed by atoms with van der Waals surface area (Å²) in [7, 11) is 1.71. The van der Waals surface area contributed by atoms with E-state index in [0.717, 1.165) is 17.7 Å². The maximum absolute atomic E-state index is 13.2. The smallest absolute Gasteiger partial charge is 0.228 e. The molecule has 0 spiro atoms. The van der Waals surface area contributed by atoms with Gasteiger partial charge in [-0.25, -0.2) is 8.78 Å². The molecule has 0 aromatic heterocycles. The molecule has 1 N–H and O–H groups in total. The topological polar surface area (TPSA) is 49.4 Å². The van der Waals surface area contributed by atoms with Crippen LogP contribution in [-0.2, 0) is 16.1 Å². The Morgan fingerprint density at radius 1 is 1.08 bits per heavy atom. The molecule has 2 unspecified atom stereocenters. The van der Waals surface area contributed by atoms with Crippen molar-refractivity contribution in [2.24, 2.45) is 11.8 Å². The second-order valence-corrected chi connectivity index (χ2v) is 6.25. The van der Waals surface area contributed by atoms with Crippen molar-refractivity contribution in [2.45, 2.75) is 13.0 Å². The number of nitrogens with one attached hydrogen (secondary N) is 1. The van der Waals surface area contributed by atoms with Gasteiger partial charge in [0.25, 0.3) is 0 Å². The Kier molecular flexibility index (Phi) is 4.79. The molecule has 1 aliphatic rings. The SMILES string of the molecule is CN(Cc1ccccc1)C(=O)C1CC1C(=O)Nc1ccc(F)c(F)c1. The fourth-order valence-electron chi connectivity index (χ4n) is 2.78. The van der Waals surface area contributed by atoms with Crippen molar-refractivity contribution in [3.05, 3.63) is 65.7 Å². The molecule has 1 saturated carbocycles. The standard InChI is InChI=1S/C19H18F2N2O2/c1-23(11-12-5-3-2-4-6-12)19(25)15-10-14(15)18(24)22-13-7-8-16(20)17(21)9-13/h2-9,14-15H,10-11H2,1H3,(H,22,24). The zero-order chi connectivity index (χ0) is 18.0. The van der Waals surface area contributed by atoms with E-state index in [9.17, 15) is 18.4 Å². The fraction of sp³-hybridized carbons (Fsp3) is 0.263. The molecule has 0 saturated heterocycles. The van der Waals surface area contributed by atoms with Gasteiger partial charge >= 0.3 is 0 Å². The summed E-state index contributed by atoms with van der Waals surface area (Å²) in [5, 5.41) is 2.53. The minimum atomic E-state index is -1.02. The number of benzene rings is 2. The normalized spacial score (nSPS) is 18.5. The van der Waals surface area contributed by atoms with Gasteiger partial charge in [-0.2, -0.15) is 0 Å². The highest BCUT2D eigenvalue weighted by Crippen LogP contribution is 2.40. The minimum Gasteiger partial charge on any atom is -0.341 e. The Morgan fingerprint density at radius 3 is 2.48 bits per heavy atom. The number of carbonyl (C=O) groups excluding carboxylic acids is 2. The number of hydrogen-bond donors (Lipinski definition) is 1. The van der Waals surface area contributed by atoms with Crippen molar-refractivity contribution in [1.29, 1.82) is 0 Å². The molecule has 0 bridgehead atoms. The number of anilines is 1. The van der Waals surface area contributed by atoms with Crippen LogP contribution in [0.3, 0.4) is 0 Å². The summed E-state index contributed by atoms with van der Waals surface area (Å²) in [5.41, 5.74) is 1.20. The first-order chi connectivity index (χ1) is 12.0. The Balaban J connectivity index is 1.55. The molecule has 0 heterocycles. The number of nitrogens with zero attached hydrogens (tertiary/aromatic N) is 1. The molecule has 6 heteroatoms. The summed E-state index contributed by atoms with van der Waals surface area (Å²) in [4.78, 5) is 26.2. The molecule has 0 aliphatic heterocycles. The van der Waals surface area contributed by atoms with E-state index in [1.165, 1.54) is 6.07 Å². The van der Waals surface area contributed by atoms with Gasteiger partial charge in [0, 0.05) is 25.3 Å².